The molecule has 0 aromatic rings. The van der Waals surface area contributed by atoms with Crippen LogP contribution in [0.25, 0.3) is 0 Å². The number of aliphatic hydroxyl groups is 1. The molecule has 0 saturated carbocycles. The first-order chi connectivity index (χ1) is 11.9. The number of methoxy groups -OCH3 is 3. The number of rotatable bonds is 9. The van der Waals surface area contributed by atoms with Crippen molar-refractivity contribution in [2.75, 3.05) is 48.1 Å². The summed E-state index contributed by atoms with van der Waals surface area (Å²) in [6, 6.07) is -1.19. The van der Waals surface area contributed by atoms with Crippen molar-refractivity contribution in [3.05, 3.63) is 0 Å². The molecule has 0 spiro atoms. The van der Waals surface area contributed by atoms with E-state index < -0.39 is 30.3 Å². The van der Waals surface area contributed by atoms with Gasteiger partial charge in [-0.3, -0.25) is 4.84 Å². The second-order valence-electron chi connectivity index (χ2n) is 6.39. The van der Waals surface area contributed by atoms with Gasteiger partial charge in [0.1, 0.15) is 34.0 Å². The number of hydroxylamine groups is 2. The fraction of sp³-hybridized carbons (Fsp3) is 1.00. The highest BCUT2D eigenvalue weighted by atomic mass is 16.7. The molecule has 10 heteroatoms. The molecule has 4 radical (unpaired) electrons. The number of nitrogens with zero attached hydrogens (tertiary/aromatic N) is 1. The highest BCUT2D eigenvalue weighted by Gasteiger charge is 2.44. The summed E-state index contributed by atoms with van der Waals surface area (Å²) < 4.78 is 27.0. The van der Waals surface area contributed by atoms with Gasteiger partial charge in [0.05, 0.1) is 25.4 Å². The Labute approximate surface area is 151 Å². The van der Waals surface area contributed by atoms with E-state index in [0.717, 1.165) is 0 Å². The predicted molar refractivity (Wildman–Crippen MR) is 90.4 cm³/mol. The summed E-state index contributed by atoms with van der Waals surface area (Å²) in [5.74, 6) is -0.0200. The highest BCUT2D eigenvalue weighted by molar-refractivity contribution is 6.12. The summed E-state index contributed by atoms with van der Waals surface area (Å²) >= 11 is 0. The Hall–Kier alpha value is -0.190. The minimum absolute atomic E-state index is 0.0200. The number of hydrogen-bond donors (Lipinski definition) is 1. The average molecular weight is 355 g/mol. The van der Waals surface area contributed by atoms with E-state index >= 15 is 0 Å². The SMILES string of the molecule is [B][C@@H]1OC(CON(C)CC2C(COC)O[C@@H]([B])[C@@H]2OC)[C@@H](O)[C@H]1OC. The molecule has 2 aliphatic heterocycles. The quantitative estimate of drug-likeness (QED) is 0.387. The molecule has 2 rings (SSSR count). The topological polar surface area (TPSA) is 78.9 Å². The van der Waals surface area contributed by atoms with Crippen LogP contribution in [0.4, 0.5) is 0 Å². The largest absolute Gasteiger partial charge is 0.388 e. The van der Waals surface area contributed by atoms with Gasteiger partial charge in [-0.25, -0.2) is 0 Å². The van der Waals surface area contributed by atoms with Crippen molar-refractivity contribution in [3.8, 4) is 0 Å². The summed E-state index contributed by atoms with van der Waals surface area (Å²) in [7, 11) is 18.2. The zero-order chi connectivity index (χ0) is 18.6. The van der Waals surface area contributed by atoms with E-state index in [0.29, 0.717) is 13.2 Å². The van der Waals surface area contributed by atoms with Crippen LogP contribution in [0, 0.1) is 5.92 Å². The Kier molecular flexibility index (Phi) is 8.16. The zero-order valence-electron chi connectivity index (χ0n) is 15.2. The Morgan fingerprint density at radius 2 is 1.56 bits per heavy atom. The number of ether oxygens (including phenoxy) is 5. The van der Waals surface area contributed by atoms with Crippen LogP contribution in [0.5, 0.6) is 0 Å². The minimum Gasteiger partial charge on any atom is -0.388 e. The average Bonchev–Trinajstić information content (AvgIpc) is 3.01. The van der Waals surface area contributed by atoms with Crippen molar-refractivity contribution >= 4 is 15.7 Å². The first kappa shape index (κ1) is 21.1. The Morgan fingerprint density at radius 3 is 2.12 bits per heavy atom. The molecule has 2 aliphatic rings. The van der Waals surface area contributed by atoms with Crippen molar-refractivity contribution in [2.45, 2.75) is 42.5 Å². The van der Waals surface area contributed by atoms with Crippen LogP contribution < -0.4 is 0 Å². The van der Waals surface area contributed by atoms with Gasteiger partial charge in [0, 0.05) is 52.8 Å². The lowest BCUT2D eigenvalue weighted by Crippen LogP contribution is -2.41. The molecule has 8 atom stereocenters. The Bertz CT molecular complexity index is 408. The second kappa shape index (κ2) is 9.66. The molecule has 1 N–H and O–H groups in total. The van der Waals surface area contributed by atoms with Gasteiger partial charge in [-0.15, -0.1) is 0 Å². The minimum atomic E-state index is -0.843. The zero-order valence-corrected chi connectivity index (χ0v) is 15.2. The normalized spacial score (nSPS) is 41.7. The smallest absolute Gasteiger partial charge is 0.112 e. The third kappa shape index (κ3) is 4.95. The van der Waals surface area contributed by atoms with Crippen LogP contribution in [0.1, 0.15) is 0 Å². The molecular formula is C15H27B2NO7. The van der Waals surface area contributed by atoms with Gasteiger partial charge in [-0.1, -0.05) is 0 Å². The van der Waals surface area contributed by atoms with Crippen molar-refractivity contribution < 1.29 is 33.6 Å². The molecule has 0 amide bonds. The maximum Gasteiger partial charge on any atom is 0.112 e. The van der Waals surface area contributed by atoms with E-state index in [-0.39, 0.29) is 24.7 Å². The van der Waals surface area contributed by atoms with Crippen LogP contribution in [0.3, 0.4) is 0 Å². The van der Waals surface area contributed by atoms with Crippen LogP contribution in [0.15, 0.2) is 0 Å². The Balaban J connectivity index is 1.85. The van der Waals surface area contributed by atoms with E-state index in [1.165, 1.54) is 7.11 Å². The van der Waals surface area contributed by atoms with Gasteiger partial charge in [0.25, 0.3) is 0 Å². The third-order valence-corrected chi connectivity index (χ3v) is 4.73. The van der Waals surface area contributed by atoms with Crippen molar-refractivity contribution in [1.82, 2.24) is 5.06 Å². The lowest BCUT2D eigenvalue weighted by molar-refractivity contribution is -0.185. The fourth-order valence-electron chi connectivity index (χ4n) is 3.42. The van der Waals surface area contributed by atoms with Gasteiger partial charge in [-0.2, -0.15) is 5.06 Å². The summed E-state index contributed by atoms with van der Waals surface area (Å²) in [6.45, 7) is 1.08. The molecule has 2 heterocycles. The van der Waals surface area contributed by atoms with Gasteiger partial charge < -0.3 is 28.8 Å². The molecule has 8 nitrogen and oxygen atoms in total. The van der Waals surface area contributed by atoms with Crippen molar-refractivity contribution in [1.29, 1.82) is 0 Å². The maximum atomic E-state index is 10.1. The number of aliphatic hydroxyl groups excluding tert-OH is 1. The van der Waals surface area contributed by atoms with Gasteiger partial charge in [0.15, 0.2) is 0 Å². The molecule has 0 aromatic carbocycles. The van der Waals surface area contributed by atoms with Crippen molar-refractivity contribution in [3.63, 3.8) is 0 Å². The summed E-state index contributed by atoms with van der Waals surface area (Å²) in [4.78, 5) is 5.70. The summed E-state index contributed by atoms with van der Waals surface area (Å²) in [5, 5.41) is 11.8. The molecule has 0 aliphatic carbocycles. The molecule has 2 saturated heterocycles. The predicted octanol–water partition coefficient (Wildman–Crippen LogP) is -1.71. The van der Waals surface area contributed by atoms with E-state index in [1.54, 1.807) is 26.3 Å². The molecule has 2 fully saturated rings. The number of hydrogen-bond acceptors (Lipinski definition) is 8. The molecule has 25 heavy (non-hydrogen) atoms. The first-order valence-electron chi connectivity index (χ1n) is 8.31. The standard InChI is InChI=1S/C15H27B2NO7/c1-18(23-7-10-11(19)13(22-4)15(17)25-10)5-8-9(6-20-2)24-14(16)12(8)21-3/h8-15,19H,5-7H2,1-4H3/t8?,9?,10?,11-,12-,13-,14-,15-/m1/s1. The van der Waals surface area contributed by atoms with Crippen molar-refractivity contribution in [2.24, 2.45) is 5.92 Å². The highest BCUT2D eigenvalue weighted by Crippen LogP contribution is 2.29. The van der Waals surface area contributed by atoms with E-state index in [4.69, 9.17) is 44.2 Å². The van der Waals surface area contributed by atoms with Crippen LogP contribution in [-0.2, 0) is 28.5 Å². The van der Waals surface area contributed by atoms with Gasteiger partial charge >= 0.3 is 0 Å². The summed E-state index contributed by atoms with van der Waals surface area (Å²) in [5.41, 5.74) is 0. The van der Waals surface area contributed by atoms with Crippen LogP contribution in [-0.4, -0.2) is 117 Å². The third-order valence-electron chi connectivity index (χ3n) is 4.73. The van der Waals surface area contributed by atoms with E-state index in [2.05, 4.69) is 0 Å². The Morgan fingerprint density at radius 1 is 0.960 bits per heavy atom. The second-order valence-corrected chi connectivity index (χ2v) is 6.39. The van der Waals surface area contributed by atoms with E-state index in [1.807, 2.05) is 0 Å². The molecular weight excluding hydrogens is 328 g/mol. The first-order valence-corrected chi connectivity index (χ1v) is 8.31. The fourth-order valence-corrected chi connectivity index (χ4v) is 3.42. The monoisotopic (exact) mass is 355 g/mol. The van der Waals surface area contributed by atoms with Crippen LogP contribution >= 0.6 is 0 Å². The molecule has 0 bridgehead atoms. The molecule has 0 aromatic heterocycles. The lowest BCUT2D eigenvalue weighted by atomic mass is 9.87. The van der Waals surface area contributed by atoms with Gasteiger partial charge in [0.2, 0.25) is 0 Å². The molecule has 140 valence electrons. The maximum absolute atomic E-state index is 10.1. The lowest BCUT2D eigenvalue weighted by Gasteiger charge is -2.28. The molecule has 3 unspecified atom stereocenters. The van der Waals surface area contributed by atoms with Crippen LogP contribution in [0.2, 0.25) is 0 Å². The van der Waals surface area contributed by atoms with Gasteiger partial charge in [-0.05, 0) is 0 Å². The van der Waals surface area contributed by atoms with E-state index in [9.17, 15) is 5.11 Å². The summed E-state index contributed by atoms with van der Waals surface area (Å²) in [6.07, 6.45) is -2.41.